The van der Waals surface area contributed by atoms with Crippen molar-refractivity contribution in [1.29, 1.82) is 0 Å². The fraction of sp³-hybridized carbons (Fsp3) is 0.250. The number of carbonyl (C=O) groups is 3. The van der Waals surface area contributed by atoms with E-state index in [2.05, 4.69) is 10.3 Å². The van der Waals surface area contributed by atoms with Crippen molar-refractivity contribution in [2.45, 2.75) is 6.92 Å². The van der Waals surface area contributed by atoms with Gasteiger partial charge in [0, 0.05) is 18.3 Å². The highest BCUT2D eigenvalue weighted by Gasteiger charge is 2.31. The fourth-order valence-electron chi connectivity index (χ4n) is 2.25. The lowest BCUT2D eigenvalue weighted by molar-refractivity contribution is -0.122. The van der Waals surface area contributed by atoms with Crippen molar-refractivity contribution < 1.29 is 19.1 Å². The molecule has 1 aromatic carbocycles. The first kappa shape index (κ1) is 16.3. The Morgan fingerprint density at radius 3 is 2.79 bits per heavy atom. The fourth-order valence-corrected chi connectivity index (χ4v) is 3.19. The van der Waals surface area contributed by atoms with Gasteiger partial charge in [0.2, 0.25) is 0 Å². The molecule has 0 unspecified atom stereocenters. The van der Waals surface area contributed by atoms with Gasteiger partial charge in [-0.2, -0.15) is 0 Å². The zero-order chi connectivity index (χ0) is 17.1. The smallest absolute Gasteiger partial charge is 0.338 e. The zero-order valence-electron chi connectivity index (χ0n) is 12.9. The highest BCUT2D eigenvalue weighted by atomic mass is 32.2. The summed E-state index contributed by atoms with van der Waals surface area (Å²) in [6, 6.07) is 6.37. The largest absolute Gasteiger partial charge is 0.462 e. The van der Waals surface area contributed by atoms with E-state index in [0.717, 1.165) is 0 Å². The lowest BCUT2D eigenvalue weighted by Gasteiger charge is -2.21. The Labute approximate surface area is 142 Å². The molecule has 2 aliphatic rings. The predicted molar refractivity (Wildman–Crippen MR) is 90.7 cm³/mol. The van der Waals surface area contributed by atoms with E-state index >= 15 is 0 Å². The van der Waals surface area contributed by atoms with E-state index in [1.807, 2.05) is 0 Å². The number of fused-ring (bicyclic) bond motifs is 1. The molecule has 0 aromatic heterocycles. The Balaban J connectivity index is 1.68. The number of rotatable bonds is 4. The van der Waals surface area contributed by atoms with Gasteiger partial charge in [0.05, 0.1) is 23.6 Å². The molecule has 1 aromatic rings. The van der Waals surface area contributed by atoms with E-state index in [9.17, 15) is 14.4 Å². The van der Waals surface area contributed by atoms with Crippen LogP contribution >= 0.6 is 11.8 Å². The third-order valence-corrected chi connectivity index (χ3v) is 4.46. The Bertz CT molecular complexity index is 755. The summed E-state index contributed by atoms with van der Waals surface area (Å²) in [5, 5.41) is 3.26. The summed E-state index contributed by atoms with van der Waals surface area (Å²) >= 11 is 1.18. The first-order chi connectivity index (χ1) is 11.6. The molecule has 3 rings (SSSR count). The Morgan fingerprint density at radius 2 is 2.08 bits per heavy atom. The summed E-state index contributed by atoms with van der Waals surface area (Å²) in [6.07, 6.45) is 1.32. The van der Waals surface area contributed by atoms with Crippen molar-refractivity contribution >= 4 is 40.4 Å². The molecule has 0 radical (unpaired) electrons. The molecule has 0 bridgehead atoms. The van der Waals surface area contributed by atoms with E-state index in [-0.39, 0.29) is 11.8 Å². The number of hydrogen-bond acceptors (Lipinski definition) is 6. The molecule has 0 spiro atoms. The second-order valence-corrected chi connectivity index (χ2v) is 6.03. The van der Waals surface area contributed by atoms with E-state index in [1.165, 1.54) is 17.8 Å². The lowest BCUT2D eigenvalue weighted by Crippen LogP contribution is -2.35. The molecule has 0 saturated heterocycles. The average Bonchev–Trinajstić information content (AvgIpc) is 3.05. The van der Waals surface area contributed by atoms with Crippen LogP contribution in [0.25, 0.3) is 0 Å². The van der Waals surface area contributed by atoms with Crippen molar-refractivity contribution in [3.8, 4) is 0 Å². The average molecular weight is 345 g/mol. The van der Waals surface area contributed by atoms with Gasteiger partial charge in [0.1, 0.15) is 0 Å². The van der Waals surface area contributed by atoms with E-state index in [4.69, 9.17) is 4.74 Å². The third-order valence-electron chi connectivity index (χ3n) is 3.40. The van der Waals surface area contributed by atoms with Crippen LogP contribution in [-0.2, 0) is 14.3 Å². The van der Waals surface area contributed by atoms with Crippen LogP contribution in [0.2, 0.25) is 0 Å². The van der Waals surface area contributed by atoms with Crippen molar-refractivity contribution in [1.82, 2.24) is 4.90 Å². The topological polar surface area (TPSA) is 88.1 Å². The molecule has 0 fully saturated rings. The van der Waals surface area contributed by atoms with E-state index in [0.29, 0.717) is 41.0 Å². The maximum atomic E-state index is 12.3. The molecule has 8 heteroatoms. The molecule has 7 nitrogen and oxygen atoms in total. The summed E-state index contributed by atoms with van der Waals surface area (Å²) in [7, 11) is 0. The van der Waals surface area contributed by atoms with Gasteiger partial charge < -0.3 is 10.1 Å². The maximum absolute atomic E-state index is 12.3. The third kappa shape index (κ3) is 3.33. The first-order valence-electron chi connectivity index (χ1n) is 7.42. The number of benzene rings is 1. The number of carbonyl (C=O) groups excluding carboxylic acids is 3. The highest BCUT2D eigenvalue weighted by Crippen LogP contribution is 2.29. The molecule has 2 amide bonds. The van der Waals surface area contributed by atoms with Gasteiger partial charge in [0.15, 0.2) is 5.17 Å². The van der Waals surface area contributed by atoms with Crippen molar-refractivity contribution in [3.05, 3.63) is 40.8 Å². The van der Waals surface area contributed by atoms with Gasteiger partial charge in [0.25, 0.3) is 11.8 Å². The molecule has 0 aliphatic carbocycles. The highest BCUT2D eigenvalue weighted by molar-refractivity contribution is 8.18. The first-order valence-corrected chi connectivity index (χ1v) is 8.24. The van der Waals surface area contributed by atoms with Gasteiger partial charge in [-0.15, -0.1) is 0 Å². The van der Waals surface area contributed by atoms with Crippen LogP contribution in [0.1, 0.15) is 17.3 Å². The number of amides is 2. The molecule has 1 N–H and O–H groups in total. The number of amidine groups is 1. The number of nitrogens with zero attached hydrogens (tertiary/aromatic N) is 2. The second-order valence-electron chi connectivity index (χ2n) is 5.02. The standard InChI is InChI=1S/C16H15N3O4S/c1-2-23-15(22)10-3-5-11(6-4-10)18-14(21)12-9-13(20)19-8-7-17-16(19)24-12/h3-6,9H,2,7-8H2,1H3,(H,18,21). The van der Waals surface area contributed by atoms with Crippen molar-refractivity contribution in [2.75, 3.05) is 25.0 Å². The van der Waals surface area contributed by atoms with Crippen LogP contribution in [-0.4, -0.2) is 47.5 Å². The minimum absolute atomic E-state index is 0.229. The number of esters is 1. The number of hydrogen-bond donors (Lipinski definition) is 1. The number of anilines is 1. The van der Waals surface area contributed by atoms with Crippen LogP contribution < -0.4 is 5.32 Å². The number of ether oxygens (including phenoxy) is 1. The van der Waals surface area contributed by atoms with Crippen molar-refractivity contribution in [3.63, 3.8) is 0 Å². The van der Waals surface area contributed by atoms with E-state index < -0.39 is 5.97 Å². The van der Waals surface area contributed by atoms with Gasteiger partial charge in [-0.05, 0) is 43.0 Å². The molecule has 2 aliphatic heterocycles. The number of thioether (sulfide) groups is 1. The number of nitrogens with one attached hydrogen (secondary N) is 1. The summed E-state index contributed by atoms with van der Waals surface area (Å²) in [4.78, 5) is 41.9. The quantitative estimate of drug-likeness (QED) is 0.838. The minimum atomic E-state index is -0.411. The molecule has 24 heavy (non-hydrogen) atoms. The van der Waals surface area contributed by atoms with E-state index in [1.54, 1.807) is 36.1 Å². The normalized spacial score (nSPS) is 16.2. The van der Waals surface area contributed by atoms with Gasteiger partial charge in [-0.1, -0.05) is 0 Å². The van der Waals surface area contributed by atoms with Gasteiger partial charge in [-0.3, -0.25) is 19.5 Å². The summed E-state index contributed by atoms with van der Waals surface area (Å²) < 4.78 is 4.90. The molecular weight excluding hydrogens is 330 g/mol. The molecule has 0 saturated carbocycles. The molecule has 0 atom stereocenters. The van der Waals surface area contributed by atoms with Crippen LogP contribution in [0.3, 0.4) is 0 Å². The number of aliphatic imine (C=N–C) groups is 1. The monoisotopic (exact) mass is 345 g/mol. The molecule has 124 valence electrons. The Morgan fingerprint density at radius 1 is 1.33 bits per heavy atom. The Kier molecular flexibility index (Phi) is 4.66. The minimum Gasteiger partial charge on any atom is -0.462 e. The van der Waals surface area contributed by atoms with Crippen LogP contribution in [0.4, 0.5) is 5.69 Å². The predicted octanol–water partition coefficient (Wildman–Crippen LogP) is 1.63. The zero-order valence-corrected chi connectivity index (χ0v) is 13.8. The SMILES string of the molecule is CCOC(=O)c1ccc(NC(=O)C2=CC(=O)N3CCN=C3S2)cc1. The summed E-state index contributed by atoms with van der Waals surface area (Å²) in [5.74, 6) is -1.02. The van der Waals surface area contributed by atoms with Crippen LogP contribution in [0.5, 0.6) is 0 Å². The second kappa shape index (κ2) is 6.88. The maximum Gasteiger partial charge on any atom is 0.338 e. The summed E-state index contributed by atoms with van der Waals surface area (Å²) in [5.41, 5.74) is 0.935. The molecule has 2 heterocycles. The van der Waals surface area contributed by atoms with Crippen molar-refractivity contribution in [2.24, 2.45) is 4.99 Å². The van der Waals surface area contributed by atoms with Crippen LogP contribution in [0.15, 0.2) is 40.2 Å². The Hall–Kier alpha value is -2.61. The lowest BCUT2D eigenvalue weighted by atomic mass is 10.2. The van der Waals surface area contributed by atoms with Gasteiger partial charge in [-0.25, -0.2) is 4.79 Å². The summed E-state index contributed by atoms with van der Waals surface area (Å²) in [6.45, 7) is 3.16. The van der Waals surface area contributed by atoms with Crippen LogP contribution in [0, 0.1) is 0 Å². The van der Waals surface area contributed by atoms with Gasteiger partial charge >= 0.3 is 5.97 Å². The molecular formula is C16H15N3O4S.